The highest BCUT2D eigenvalue weighted by atomic mass is 14.6. The molecule has 0 saturated heterocycles. The van der Waals surface area contributed by atoms with Crippen molar-refractivity contribution in [2.75, 3.05) is 0 Å². The normalized spacial score (nSPS) is 44.8. The minimum Gasteiger partial charge on any atom is -0.0852 e. The summed E-state index contributed by atoms with van der Waals surface area (Å²) in [7, 11) is 0. The van der Waals surface area contributed by atoms with Gasteiger partial charge in [-0.25, -0.2) is 0 Å². The Morgan fingerprint density at radius 3 is 2.50 bits per heavy atom. The molecule has 0 aromatic carbocycles. The molecule has 4 aliphatic carbocycles. The van der Waals surface area contributed by atoms with Crippen LogP contribution in [0.25, 0.3) is 0 Å². The van der Waals surface area contributed by atoms with Gasteiger partial charge in [-0.05, 0) is 103 Å². The molecule has 0 N–H and O–H groups in total. The van der Waals surface area contributed by atoms with Gasteiger partial charge in [0, 0.05) is 0 Å². The average molecular weight is 381 g/mol. The lowest BCUT2D eigenvalue weighted by Crippen LogP contribution is -2.49. The highest BCUT2D eigenvalue weighted by molar-refractivity contribution is 5.35. The van der Waals surface area contributed by atoms with Crippen molar-refractivity contribution < 1.29 is 0 Å². The van der Waals surface area contributed by atoms with Crippen LogP contribution in [0, 0.1) is 52.3 Å². The van der Waals surface area contributed by atoms with Gasteiger partial charge in [0.1, 0.15) is 0 Å². The molecule has 0 radical (unpaired) electrons. The van der Waals surface area contributed by atoms with Gasteiger partial charge in [-0.15, -0.1) is 0 Å². The van der Waals surface area contributed by atoms with E-state index in [0.29, 0.717) is 16.7 Å². The zero-order valence-corrected chi connectivity index (χ0v) is 19.4. The molecule has 0 heteroatoms. The van der Waals surface area contributed by atoms with E-state index in [1.807, 2.05) is 0 Å². The summed E-state index contributed by atoms with van der Waals surface area (Å²) in [5.41, 5.74) is 2.69. The molecule has 2 saturated carbocycles. The third kappa shape index (κ3) is 3.18. The summed E-state index contributed by atoms with van der Waals surface area (Å²) in [6.07, 6.45) is 22.8. The third-order valence-electron chi connectivity index (χ3n) is 10.1. The largest absolute Gasteiger partial charge is 0.0852 e. The van der Waals surface area contributed by atoms with Gasteiger partial charge in [0.15, 0.2) is 0 Å². The van der Waals surface area contributed by atoms with E-state index in [2.05, 4.69) is 71.9 Å². The lowest BCUT2D eigenvalue weighted by atomic mass is 9.48. The summed E-state index contributed by atoms with van der Waals surface area (Å²) in [5, 5.41) is 0. The molecular formula is C28H44. The number of hydrogen-bond acceptors (Lipinski definition) is 0. The summed E-state index contributed by atoms with van der Waals surface area (Å²) in [5.74, 6) is 5.67. The van der Waals surface area contributed by atoms with E-state index in [0.717, 1.165) is 35.5 Å². The van der Waals surface area contributed by atoms with E-state index in [-0.39, 0.29) is 0 Å². The summed E-state index contributed by atoms with van der Waals surface area (Å²) < 4.78 is 0. The topological polar surface area (TPSA) is 0 Å². The van der Waals surface area contributed by atoms with Gasteiger partial charge >= 0.3 is 0 Å². The van der Waals surface area contributed by atoms with Crippen molar-refractivity contribution in [3.05, 3.63) is 36.0 Å². The quantitative estimate of drug-likeness (QED) is 0.431. The van der Waals surface area contributed by atoms with Crippen LogP contribution >= 0.6 is 0 Å². The maximum atomic E-state index is 2.67. The predicted octanol–water partition coefficient (Wildman–Crippen LogP) is 8.22. The molecule has 156 valence electrons. The molecule has 4 rings (SSSR count). The highest BCUT2D eigenvalue weighted by Crippen LogP contribution is 2.66. The van der Waals surface area contributed by atoms with Crippen molar-refractivity contribution in [1.82, 2.24) is 0 Å². The summed E-state index contributed by atoms with van der Waals surface area (Å²) >= 11 is 0. The van der Waals surface area contributed by atoms with Crippen LogP contribution in [0.5, 0.6) is 0 Å². The minimum atomic E-state index is 0.468. The molecule has 8 atom stereocenters. The fourth-order valence-corrected chi connectivity index (χ4v) is 7.79. The fraction of sp³-hybridized carbons (Fsp3) is 0.786. The molecule has 0 nitrogen and oxygen atoms in total. The van der Waals surface area contributed by atoms with Crippen LogP contribution in [0.3, 0.4) is 0 Å². The fourth-order valence-electron chi connectivity index (χ4n) is 7.79. The molecule has 0 bridgehead atoms. The van der Waals surface area contributed by atoms with Crippen LogP contribution in [0.4, 0.5) is 0 Å². The third-order valence-corrected chi connectivity index (χ3v) is 10.1. The van der Waals surface area contributed by atoms with Gasteiger partial charge in [0.25, 0.3) is 0 Å². The lowest BCUT2D eigenvalue weighted by Gasteiger charge is -2.56. The zero-order valence-electron chi connectivity index (χ0n) is 19.4. The Balaban J connectivity index is 1.55. The molecule has 0 unspecified atom stereocenters. The van der Waals surface area contributed by atoms with Crippen LogP contribution in [-0.4, -0.2) is 0 Å². The second-order valence-corrected chi connectivity index (χ2v) is 11.7. The molecule has 0 aliphatic heterocycles. The molecule has 2 fully saturated rings. The molecule has 0 spiro atoms. The van der Waals surface area contributed by atoms with Crippen LogP contribution in [0.15, 0.2) is 36.0 Å². The van der Waals surface area contributed by atoms with E-state index < -0.39 is 0 Å². The SMILES string of the molecule is CC(C)[C@@H](C)C=C[C@@H](C)[C@H]1CC[C@H]2[C@@H]3C=CC4=CCCC[C@]4(C)[C@H]3CC[C@]12C. The molecule has 0 amide bonds. The van der Waals surface area contributed by atoms with Gasteiger partial charge < -0.3 is 0 Å². The van der Waals surface area contributed by atoms with E-state index in [4.69, 9.17) is 0 Å². The van der Waals surface area contributed by atoms with Crippen molar-refractivity contribution in [1.29, 1.82) is 0 Å². The Bertz CT molecular complexity index is 664. The van der Waals surface area contributed by atoms with Crippen LogP contribution in [0.2, 0.25) is 0 Å². The van der Waals surface area contributed by atoms with Crippen LogP contribution < -0.4 is 0 Å². The van der Waals surface area contributed by atoms with E-state index in [9.17, 15) is 0 Å². The minimum absolute atomic E-state index is 0.468. The first-order chi connectivity index (χ1) is 13.3. The van der Waals surface area contributed by atoms with E-state index in [1.165, 1.54) is 44.9 Å². The second kappa shape index (κ2) is 7.48. The number of allylic oxidation sites excluding steroid dienone is 6. The second-order valence-electron chi connectivity index (χ2n) is 11.7. The Morgan fingerprint density at radius 2 is 1.75 bits per heavy atom. The van der Waals surface area contributed by atoms with Gasteiger partial charge in [-0.2, -0.15) is 0 Å². The standard InChI is InChI=1S/C28H44/c1-19(2)20(3)10-11-21(4)24-14-15-25-23-13-12-22-9-7-8-17-27(22,5)26(23)16-18-28(24,25)6/h9-13,19-21,23-26H,7-8,14-18H2,1-6H3/t20-,21+,23-,24+,25-,26-,27-,28+/m0/s1. The van der Waals surface area contributed by atoms with Crippen molar-refractivity contribution in [3.63, 3.8) is 0 Å². The smallest absolute Gasteiger partial charge is 0.00445 e. The van der Waals surface area contributed by atoms with E-state index in [1.54, 1.807) is 5.57 Å². The summed E-state index contributed by atoms with van der Waals surface area (Å²) in [6, 6.07) is 0. The van der Waals surface area contributed by atoms with Crippen molar-refractivity contribution in [3.8, 4) is 0 Å². The molecule has 4 aliphatic rings. The van der Waals surface area contributed by atoms with Gasteiger partial charge in [0.2, 0.25) is 0 Å². The molecular weight excluding hydrogens is 336 g/mol. The maximum absolute atomic E-state index is 2.67. The Morgan fingerprint density at radius 1 is 0.964 bits per heavy atom. The first-order valence-corrected chi connectivity index (χ1v) is 12.3. The highest BCUT2D eigenvalue weighted by Gasteiger charge is 2.58. The molecule has 0 heterocycles. The molecule has 0 aromatic heterocycles. The Hall–Kier alpha value is -0.780. The monoisotopic (exact) mass is 380 g/mol. The Labute approximate surface area is 175 Å². The summed E-state index contributed by atoms with van der Waals surface area (Å²) in [6.45, 7) is 14.8. The van der Waals surface area contributed by atoms with Crippen molar-refractivity contribution >= 4 is 0 Å². The molecule has 28 heavy (non-hydrogen) atoms. The average Bonchev–Trinajstić information content (AvgIpc) is 3.02. The lowest BCUT2D eigenvalue weighted by molar-refractivity contribution is -0.0214. The maximum Gasteiger partial charge on any atom is -0.00445 e. The first-order valence-electron chi connectivity index (χ1n) is 12.3. The van der Waals surface area contributed by atoms with Crippen LogP contribution in [0.1, 0.15) is 86.5 Å². The zero-order chi connectivity index (χ0) is 20.1. The predicted molar refractivity (Wildman–Crippen MR) is 122 cm³/mol. The molecule has 0 aromatic rings. The van der Waals surface area contributed by atoms with Gasteiger partial charge in [-0.3, -0.25) is 0 Å². The van der Waals surface area contributed by atoms with Crippen molar-refractivity contribution in [2.45, 2.75) is 86.5 Å². The number of fused-ring (bicyclic) bond motifs is 5. The van der Waals surface area contributed by atoms with Gasteiger partial charge in [-0.1, -0.05) is 71.9 Å². The Kier molecular flexibility index (Phi) is 5.47. The van der Waals surface area contributed by atoms with Gasteiger partial charge in [0.05, 0.1) is 0 Å². The van der Waals surface area contributed by atoms with Crippen LogP contribution in [-0.2, 0) is 0 Å². The number of hydrogen-bond donors (Lipinski definition) is 0. The number of rotatable bonds is 4. The van der Waals surface area contributed by atoms with Crippen molar-refractivity contribution in [2.24, 2.45) is 52.3 Å². The first kappa shape index (κ1) is 20.5. The summed E-state index contributed by atoms with van der Waals surface area (Å²) in [4.78, 5) is 0. The van der Waals surface area contributed by atoms with E-state index >= 15 is 0 Å².